The first-order valence-electron chi connectivity index (χ1n) is 8.64. The molecule has 1 aromatic carbocycles. The minimum absolute atomic E-state index is 0.218. The number of hydrogen-bond acceptors (Lipinski definition) is 5. The molecule has 2 N–H and O–H groups in total. The van der Waals surface area contributed by atoms with Crippen molar-refractivity contribution in [3.05, 3.63) is 54.4 Å². The number of carbonyl (C=O) groups is 2. The molecule has 2 amide bonds. The van der Waals surface area contributed by atoms with Gasteiger partial charge >= 0.3 is 11.8 Å². The van der Waals surface area contributed by atoms with Crippen molar-refractivity contribution in [2.75, 3.05) is 43.4 Å². The molecule has 2 heterocycles. The normalized spacial score (nSPS) is 14.7. The number of aromatic nitrogens is 1. The lowest BCUT2D eigenvalue weighted by atomic mass is 10.2. The SMILES string of the molecule is CN1CCN(c2ccc(NC(=O)C(=O)NCc3ccccn3)cc2)CC1. The zero-order valence-electron chi connectivity index (χ0n) is 14.8. The first-order chi connectivity index (χ1) is 12.6. The minimum atomic E-state index is -0.687. The maximum absolute atomic E-state index is 12.0. The predicted molar refractivity (Wildman–Crippen MR) is 101 cm³/mol. The van der Waals surface area contributed by atoms with E-state index in [0.29, 0.717) is 11.4 Å². The van der Waals surface area contributed by atoms with Crippen LogP contribution in [0.5, 0.6) is 0 Å². The third kappa shape index (κ3) is 4.80. The number of pyridine rings is 1. The van der Waals surface area contributed by atoms with Crippen molar-refractivity contribution >= 4 is 23.2 Å². The molecule has 1 aliphatic rings. The third-order valence-corrected chi connectivity index (χ3v) is 4.36. The van der Waals surface area contributed by atoms with Crippen LogP contribution in [0.15, 0.2) is 48.7 Å². The van der Waals surface area contributed by atoms with Gasteiger partial charge in [0.25, 0.3) is 0 Å². The van der Waals surface area contributed by atoms with Crippen molar-refractivity contribution in [2.24, 2.45) is 0 Å². The largest absolute Gasteiger partial charge is 0.369 e. The van der Waals surface area contributed by atoms with Gasteiger partial charge in [0.15, 0.2) is 0 Å². The number of nitrogens with zero attached hydrogens (tertiary/aromatic N) is 3. The number of nitrogens with one attached hydrogen (secondary N) is 2. The van der Waals surface area contributed by atoms with Crippen molar-refractivity contribution < 1.29 is 9.59 Å². The minimum Gasteiger partial charge on any atom is -0.369 e. The van der Waals surface area contributed by atoms with Crippen LogP contribution in [-0.2, 0) is 16.1 Å². The van der Waals surface area contributed by atoms with Crippen LogP contribution in [0.1, 0.15) is 5.69 Å². The summed E-state index contributed by atoms with van der Waals surface area (Å²) >= 11 is 0. The van der Waals surface area contributed by atoms with E-state index in [4.69, 9.17) is 0 Å². The molecule has 1 fully saturated rings. The van der Waals surface area contributed by atoms with Crippen LogP contribution < -0.4 is 15.5 Å². The second kappa shape index (κ2) is 8.44. The predicted octanol–water partition coefficient (Wildman–Crippen LogP) is 1.09. The molecule has 7 heteroatoms. The molecule has 0 atom stereocenters. The molecular formula is C19H23N5O2. The van der Waals surface area contributed by atoms with Gasteiger partial charge in [0, 0.05) is 43.8 Å². The Balaban J connectivity index is 1.50. The molecule has 1 aromatic heterocycles. The van der Waals surface area contributed by atoms with E-state index in [1.54, 1.807) is 18.3 Å². The molecule has 0 saturated carbocycles. The molecule has 0 bridgehead atoms. The van der Waals surface area contributed by atoms with Gasteiger partial charge in [-0.1, -0.05) is 6.07 Å². The maximum Gasteiger partial charge on any atom is 0.313 e. The van der Waals surface area contributed by atoms with E-state index < -0.39 is 11.8 Å². The summed E-state index contributed by atoms with van der Waals surface area (Å²) in [5, 5.41) is 5.18. The van der Waals surface area contributed by atoms with Crippen molar-refractivity contribution in [2.45, 2.75) is 6.54 Å². The first kappa shape index (κ1) is 17.9. The number of likely N-dealkylation sites (N-methyl/N-ethyl adjacent to an activating group) is 1. The Morgan fingerprint density at radius 1 is 1.00 bits per heavy atom. The average molecular weight is 353 g/mol. The molecule has 7 nitrogen and oxygen atoms in total. The molecule has 3 rings (SSSR count). The van der Waals surface area contributed by atoms with Crippen LogP contribution in [0.3, 0.4) is 0 Å². The molecule has 136 valence electrons. The Morgan fingerprint density at radius 2 is 1.73 bits per heavy atom. The van der Waals surface area contributed by atoms with Gasteiger partial charge in [0.2, 0.25) is 0 Å². The average Bonchev–Trinajstić information content (AvgIpc) is 2.68. The molecule has 0 radical (unpaired) electrons. The number of carbonyl (C=O) groups excluding carboxylic acids is 2. The van der Waals surface area contributed by atoms with E-state index in [1.165, 1.54) is 0 Å². The number of rotatable bonds is 4. The molecule has 0 unspecified atom stereocenters. The molecule has 0 spiro atoms. The Labute approximate surface area is 153 Å². The topological polar surface area (TPSA) is 77.6 Å². The van der Waals surface area contributed by atoms with Gasteiger partial charge < -0.3 is 20.4 Å². The number of hydrogen-bond donors (Lipinski definition) is 2. The Hall–Kier alpha value is -2.93. The third-order valence-electron chi connectivity index (χ3n) is 4.36. The summed E-state index contributed by atoms with van der Waals surface area (Å²) in [6.45, 7) is 4.26. The van der Waals surface area contributed by atoms with Crippen LogP contribution in [0.25, 0.3) is 0 Å². The van der Waals surface area contributed by atoms with Crippen LogP contribution in [-0.4, -0.2) is 54.9 Å². The van der Waals surface area contributed by atoms with Crippen LogP contribution in [0.4, 0.5) is 11.4 Å². The second-order valence-corrected chi connectivity index (χ2v) is 6.30. The van der Waals surface area contributed by atoms with Gasteiger partial charge in [-0.3, -0.25) is 14.6 Å². The summed E-state index contributed by atoms with van der Waals surface area (Å²) in [4.78, 5) is 32.6. The number of amides is 2. The molecular weight excluding hydrogens is 330 g/mol. The summed E-state index contributed by atoms with van der Waals surface area (Å²) in [5.41, 5.74) is 2.42. The highest BCUT2D eigenvalue weighted by molar-refractivity contribution is 6.39. The van der Waals surface area contributed by atoms with Gasteiger partial charge in [-0.25, -0.2) is 0 Å². The Kier molecular flexibility index (Phi) is 5.80. The summed E-state index contributed by atoms with van der Waals surface area (Å²) in [6, 6.07) is 13.0. The molecule has 1 saturated heterocycles. The summed E-state index contributed by atoms with van der Waals surface area (Å²) in [5.74, 6) is -1.37. The zero-order valence-corrected chi connectivity index (χ0v) is 14.8. The van der Waals surface area contributed by atoms with E-state index in [0.717, 1.165) is 31.9 Å². The lowest BCUT2D eigenvalue weighted by Crippen LogP contribution is -2.44. The van der Waals surface area contributed by atoms with E-state index in [-0.39, 0.29) is 6.54 Å². The first-order valence-corrected chi connectivity index (χ1v) is 8.64. The highest BCUT2D eigenvalue weighted by Crippen LogP contribution is 2.19. The Morgan fingerprint density at radius 3 is 2.38 bits per heavy atom. The van der Waals surface area contributed by atoms with Crippen LogP contribution >= 0.6 is 0 Å². The molecule has 2 aromatic rings. The van der Waals surface area contributed by atoms with E-state index in [1.807, 2.05) is 30.3 Å². The van der Waals surface area contributed by atoms with Gasteiger partial charge in [-0.15, -0.1) is 0 Å². The zero-order chi connectivity index (χ0) is 18.4. The van der Waals surface area contributed by atoms with E-state index in [2.05, 4.69) is 32.5 Å². The van der Waals surface area contributed by atoms with Gasteiger partial charge in [0.05, 0.1) is 12.2 Å². The lowest BCUT2D eigenvalue weighted by Gasteiger charge is -2.34. The lowest BCUT2D eigenvalue weighted by molar-refractivity contribution is -0.136. The highest BCUT2D eigenvalue weighted by atomic mass is 16.2. The standard InChI is InChI=1S/C19H23N5O2/c1-23-10-12-24(13-11-23)17-7-5-15(6-8-17)22-19(26)18(25)21-14-16-4-2-3-9-20-16/h2-9H,10-14H2,1H3,(H,21,25)(H,22,26). The van der Waals surface area contributed by atoms with Gasteiger partial charge in [-0.05, 0) is 43.4 Å². The maximum atomic E-state index is 12.0. The van der Waals surface area contributed by atoms with E-state index in [9.17, 15) is 9.59 Å². The monoisotopic (exact) mass is 353 g/mol. The van der Waals surface area contributed by atoms with Crippen molar-refractivity contribution in [1.82, 2.24) is 15.2 Å². The fourth-order valence-electron chi connectivity index (χ4n) is 2.76. The molecule has 0 aliphatic carbocycles. The van der Waals surface area contributed by atoms with E-state index >= 15 is 0 Å². The number of anilines is 2. The highest BCUT2D eigenvalue weighted by Gasteiger charge is 2.16. The molecule has 26 heavy (non-hydrogen) atoms. The van der Waals surface area contributed by atoms with Crippen molar-refractivity contribution in [1.29, 1.82) is 0 Å². The number of piperazine rings is 1. The van der Waals surface area contributed by atoms with Gasteiger partial charge in [-0.2, -0.15) is 0 Å². The number of benzene rings is 1. The van der Waals surface area contributed by atoms with Crippen molar-refractivity contribution in [3.63, 3.8) is 0 Å². The Bertz CT molecular complexity index is 740. The molecule has 1 aliphatic heterocycles. The second-order valence-electron chi connectivity index (χ2n) is 6.30. The summed E-state index contributed by atoms with van der Waals surface area (Å²) < 4.78 is 0. The van der Waals surface area contributed by atoms with Crippen LogP contribution in [0, 0.1) is 0 Å². The van der Waals surface area contributed by atoms with Gasteiger partial charge in [0.1, 0.15) is 0 Å². The van der Waals surface area contributed by atoms with Crippen LogP contribution in [0.2, 0.25) is 0 Å². The fraction of sp³-hybridized carbons (Fsp3) is 0.316. The smallest absolute Gasteiger partial charge is 0.313 e. The quantitative estimate of drug-likeness (QED) is 0.805. The summed E-state index contributed by atoms with van der Waals surface area (Å²) in [7, 11) is 2.12. The van der Waals surface area contributed by atoms with Crippen molar-refractivity contribution in [3.8, 4) is 0 Å². The fourth-order valence-corrected chi connectivity index (χ4v) is 2.76. The summed E-state index contributed by atoms with van der Waals surface area (Å²) in [6.07, 6.45) is 1.64.